The average molecular weight is 424 g/mol. The number of anilines is 1. The maximum atomic E-state index is 13.0. The highest BCUT2D eigenvalue weighted by atomic mass is 35.5. The second kappa shape index (κ2) is 7.27. The zero-order valence-electron chi connectivity index (χ0n) is 14.6. The van der Waals surface area contributed by atoms with Gasteiger partial charge in [0, 0.05) is 43.8 Å². The van der Waals surface area contributed by atoms with Gasteiger partial charge in [-0.1, -0.05) is 11.6 Å². The minimum absolute atomic E-state index is 0.325. The van der Waals surface area contributed by atoms with Crippen LogP contribution in [-0.4, -0.2) is 43.9 Å². The van der Waals surface area contributed by atoms with Gasteiger partial charge in [-0.25, -0.2) is 13.4 Å². The molecule has 3 aromatic rings. The fourth-order valence-corrected chi connectivity index (χ4v) is 5.99. The maximum Gasteiger partial charge on any atom is 0.252 e. The third-order valence-corrected chi connectivity index (χ3v) is 8.19. The highest BCUT2D eigenvalue weighted by Crippen LogP contribution is 2.33. The Hall–Kier alpha value is -1.87. The molecule has 0 saturated carbocycles. The molecule has 0 N–H and O–H groups in total. The van der Waals surface area contributed by atoms with Gasteiger partial charge >= 0.3 is 0 Å². The van der Waals surface area contributed by atoms with Crippen molar-refractivity contribution in [2.24, 2.45) is 0 Å². The van der Waals surface area contributed by atoms with Crippen molar-refractivity contribution >= 4 is 38.6 Å². The number of hydrogen-bond donors (Lipinski definition) is 0. The number of sulfonamides is 1. The first kappa shape index (κ1) is 18.5. The van der Waals surface area contributed by atoms with E-state index in [1.165, 1.54) is 11.3 Å². The molecule has 4 rings (SSSR count). The number of benzene rings is 1. The lowest BCUT2D eigenvalue weighted by atomic mass is 10.2. The molecule has 3 heterocycles. The van der Waals surface area contributed by atoms with Crippen LogP contribution in [0.15, 0.2) is 51.2 Å². The highest BCUT2D eigenvalue weighted by Gasteiger charge is 2.30. The molecule has 0 atom stereocenters. The number of aromatic nitrogens is 1. The Morgan fingerprint density at radius 3 is 2.41 bits per heavy atom. The van der Waals surface area contributed by atoms with Gasteiger partial charge in [-0.15, -0.1) is 11.3 Å². The summed E-state index contributed by atoms with van der Waals surface area (Å²) in [5, 5.41) is 0.690. The number of thiophene rings is 1. The molecule has 6 nitrogen and oxygen atoms in total. The van der Waals surface area contributed by atoms with Gasteiger partial charge in [-0.3, -0.25) is 0 Å². The maximum absolute atomic E-state index is 13.0. The van der Waals surface area contributed by atoms with Crippen LogP contribution >= 0.6 is 22.9 Å². The van der Waals surface area contributed by atoms with Crippen molar-refractivity contribution in [1.29, 1.82) is 0 Å². The Kier molecular flexibility index (Phi) is 4.98. The van der Waals surface area contributed by atoms with Crippen molar-refractivity contribution in [3.8, 4) is 10.6 Å². The van der Waals surface area contributed by atoms with Gasteiger partial charge in [0.05, 0.1) is 11.1 Å². The highest BCUT2D eigenvalue weighted by molar-refractivity contribution is 7.91. The molecule has 9 heteroatoms. The molecule has 1 fully saturated rings. The van der Waals surface area contributed by atoms with Gasteiger partial charge < -0.3 is 9.32 Å². The van der Waals surface area contributed by atoms with E-state index in [1.54, 1.807) is 29.6 Å². The van der Waals surface area contributed by atoms with E-state index in [-0.39, 0.29) is 0 Å². The standard InChI is InChI=1S/C18H18ClN3O3S2/c1-13-20-12-16(25-13)17-6-7-18(26-17)27(23,24)22-10-8-21(9-11-22)15-4-2-14(19)3-5-15/h2-7,12H,8-11H2,1H3. The van der Waals surface area contributed by atoms with Crippen LogP contribution in [0.4, 0.5) is 5.69 Å². The molecule has 0 amide bonds. The van der Waals surface area contributed by atoms with Gasteiger partial charge in [0.2, 0.25) is 0 Å². The smallest absolute Gasteiger partial charge is 0.252 e. The summed E-state index contributed by atoms with van der Waals surface area (Å²) in [6.45, 7) is 3.93. The van der Waals surface area contributed by atoms with Crippen LogP contribution in [-0.2, 0) is 10.0 Å². The first-order valence-corrected chi connectivity index (χ1v) is 11.1. The van der Waals surface area contributed by atoms with Crippen molar-refractivity contribution < 1.29 is 12.8 Å². The summed E-state index contributed by atoms with van der Waals surface area (Å²) in [6, 6.07) is 11.0. The number of oxazole rings is 1. The quantitative estimate of drug-likeness (QED) is 0.637. The van der Waals surface area contributed by atoms with Crippen molar-refractivity contribution in [2.75, 3.05) is 31.1 Å². The summed E-state index contributed by atoms with van der Waals surface area (Å²) >= 11 is 7.14. The third kappa shape index (κ3) is 3.75. The number of piperazine rings is 1. The number of halogens is 1. The third-order valence-electron chi connectivity index (χ3n) is 4.47. The molecule has 1 saturated heterocycles. The summed E-state index contributed by atoms with van der Waals surface area (Å²) in [6.07, 6.45) is 1.61. The molecule has 27 heavy (non-hydrogen) atoms. The van der Waals surface area contributed by atoms with Crippen LogP contribution in [0.5, 0.6) is 0 Å². The molecule has 0 unspecified atom stereocenters. The van der Waals surface area contributed by atoms with Crippen molar-refractivity contribution in [3.63, 3.8) is 0 Å². The van der Waals surface area contributed by atoms with Crippen LogP contribution in [0.25, 0.3) is 10.6 Å². The zero-order chi connectivity index (χ0) is 19.0. The van der Waals surface area contributed by atoms with Crippen LogP contribution in [0.3, 0.4) is 0 Å². The van der Waals surface area contributed by atoms with E-state index in [1.807, 2.05) is 24.3 Å². The van der Waals surface area contributed by atoms with Crippen molar-refractivity contribution in [1.82, 2.24) is 9.29 Å². The first-order valence-electron chi connectivity index (χ1n) is 8.47. The molecule has 0 aliphatic carbocycles. The van der Waals surface area contributed by atoms with Crippen LogP contribution in [0.2, 0.25) is 5.02 Å². The van der Waals surface area contributed by atoms with E-state index in [9.17, 15) is 8.42 Å². The SMILES string of the molecule is Cc1ncc(-c2ccc(S(=O)(=O)N3CCN(c4ccc(Cl)cc4)CC3)s2)o1. The minimum atomic E-state index is -3.51. The fraction of sp³-hybridized carbons (Fsp3) is 0.278. The van der Waals surface area contributed by atoms with Gasteiger partial charge in [0.25, 0.3) is 10.0 Å². The summed E-state index contributed by atoms with van der Waals surface area (Å²) in [5.41, 5.74) is 1.05. The van der Waals surface area contributed by atoms with E-state index in [0.717, 1.165) is 10.6 Å². The van der Waals surface area contributed by atoms with E-state index in [2.05, 4.69) is 9.88 Å². The normalized spacial score (nSPS) is 16.0. The van der Waals surface area contributed by atoms with Gasteiger partial charge in [0.15, 0.2) is 11.7 Å². The van der Waals surface area contributed by atoms with Crippen molar-refractivity contribution in [3.05, 3.63) is 53.5 Å². The molecule has 1 aliphatic rings. The van der Waals surface area contributed by atoms with Crippen molar-refractivity contribution in [2.45, 2.75) is 11.1 Å². The predicted octanol–water partition coefficient (Wildman–Crippen LogP) is 3.88. The second-order valence-corrected chi connectivity index (χ2v) is 9.91. The number of aryl methyl sites for hydroxylation is 1. The fourth-order valence-electron chi connectivity index (χ4n) is 3.03. The zero-order valence-corrected chi connectivity index (χ0v) is 17.0. The van der Waals surface area contributed by atoms with Crippen LogP contribution < -0.4 is 4.90 Å². The van der Waals surface area contributed by atoms with Gasteiger partial charge in [0.1, 0.15) is 4.21 Å². The van der Waals surface area contributed by atoms with Gasteiger partial charge in [-0.2, -0.15) is 4.31 Å². The molecule has 0 spiro atoms. The molecule has 2 aromatic heterocycles. The molecule has 1 aliphatic heterocycles. The van der Waals surface area contributed by atoms with E-state index >= 15 is 0 Å². The lowest BCUT2D eigenvalue weighted by molar-refractivity contribution is 0.386. The summed E-state index contributed by atoms with van der Waals surface area (Å²) in [5.74, 6) is 1.15. The second-order valence-electron chi connectivity index (χ2n) is 6.23. The van der Waals surface area contributed by atoms with Crippen LogP contribution in [0.1, 0.15) is 5.89 Å². The number of rotatable bonds is 4. The molecule has 1 aromatic carbocycles. The molecular formula is C18H18ClN3O3S2. The molecule has 142 valence electrons. The largest absolute Gasteiger partial charge is 0.440 e. The number of nitrogens with zero attached hydrogens (tertiary/aromatic N) is 3. The van der Waals surface area contributed by atoms with E-state index in [4.69, 9.17) is 16.0 Å². The summed E-state index contributed by atoms with van der Waals surface area (Å²) in [7, 11) is -3.51. The predicted molar refractivity (Wildman–Crippen MR) is 107 cm³/mol. The first-order chi connectivity index (χ1) is 12.9. The average Bonchev–Trinajstić information content (AvgIpc) is 3.32. The topological polar surface area (TPSA) is 66.7 Å². The Morgan fingerprint density at radius 1 is 1.07 bits per heavy atom. The molecular weight excluding hydrogens is 406 g/mol. The lowest BCUT2D eigenvalue weighted by Gasteiger charge is -2.35. The monoisotopic (exact) mass is 423 g/mol. The lowest BCUT2D eigenvalue weighted by Crippen LogP contribution is -2.48. The Morgan fingerprint density at radius 2 is 1.78 bits per heavy atom. The van der Waals surface area contributed by atoms with E-state index < -0.39 is 10.0 Å². The Bertz CT molecular complexity index is 1040. The molecule has 0 bridgehead atoms. The Labute approximate surface area is 167 Å². The number of hydrogen-bond acceptors (Lipinski definition) is 6. The summed E-state index contributed by atoms with van der Waals surface area (Å²) in [4.78, 5) is 6.99. The molecule has 0 radical (unpaired) electrons. The van der Waals surface area contributed by atoms with Gasteiger partial charge in [-0.05, 0) is 36.4 Å². The Balaban J connectivity index is 1.47. The van der Waals surface area contributed by atoms with Crippen LogP contribution in [0, 0.1) is 6.92 Å². The summed E-state index contributed by atoms with van der Waals surface area (Å²) < 4.78 is 33.3. The minimum Gasteiger partial charge on any atom is -0.440 e. The van der Waals surface area contributed by atoms with E-state index in [0.29, 0.717) is 47.1 Å².